The average molecular weight is 182 g/mol. The van der Waals surface area contributed by atoms with Gasteiger partial charge in [0.25, 0.3) is 5.69 Å². The van der Waals surface area contributed by atoms with Gasteiger partial charge in [0, 0.05) is 12.3 Å². The summed E-state index contributed by atoms with van der Waals surface area (Å²) in [7, 11) is -1.34. The third kappa shape index (κ3) is 1.66. The number of hydrogen-bond donors (Lipinski definition) is 1. The summed E-state index contributed by atoms with van der Waals surface area (Å²) in [4.78, 5) is 13.9. The van der Waals surface area contributed by atoms with Gasteiger partial charge in [0.2, 0.25) is 0 Å². The quantitative estimate of drug-likeness (QED) is 0.389. The molecule has 0 aliphatic heterocycles. The summed E-state index contributed by atoms with van der Waals surface area (Å²) in [6, 6.07) is 2.95. The van der Waals surface area contributed by atoms with E-state index < -0.39 is 13.9 Å². The lowest BCUT2D eigenvalue weighted by Crippen LogP contribution is -2.39. The zero-order valence-electron chi connectivity index (χ0n) is 6.52. The molecule has 0 amide bonds. The molecule has 0 aliphatic rings. The van der Waals surface area contributed by atoms with Crippen LogP contribution in [-0.2, 0) is 0 Å². The van der Waals surface area contributed by atoms with Gasteiger partial charge in [-0.1, -0.05) is 6.55 Å². The minimum atomic E-state index is -1.34. The molecule has 1 aromatic heterocycles. The van der Waals surface area contributed by atoms with Gasteiger partial charge in [-0.05, 0) is 6.07 Å². The average Bonchev–Trinajstić information content (AvgIpc) is 2.04. The number of nitro groups is 1. The molecule has 0 fully saturated rings. The molecule has 0 unspecified atom stereocenters. The first-order chi connectivity index (χ1) is 5.63. The molecule has 0 spiro atoms. The van der Waals surface area contributed by atoms with E-state index >= 15 is 0 Å². The highest BCUT2D eigenvalue weighted by atomic mass is 28.3. The summed E-state index contributed by atoms with van der Waals surface area (Å²) in [6.45, 7) is 1.76. The van der Waals surface area contributed by atoms with Gasteiger partial charge in [-0.2, -0.15) is 0 Å². The molecule has 6 heteroatoms. The van der Waals surface area contributed by atoms with Gasteiger partial charge in [-0.15, -0.1) is 0 Å². The van der Waals surface area contributed by atoms with Crippen molar-refractivity contribution < 1.29 is 4.92 Å². The van der Waals surface area contributed by atoms with Crippen LogP contribution in [0.15, 0.2) is 18.3 Å². The van der Waals surface area contributed by atoms with Crippen LogP contribution in [0.2, 0.25) is 6.55 Å². The van der Waals surface area contributed by atoms with E-state index in [-0.39, 0.29) is 5.69 Å². The number of pyridine rings is 1. The first-order valence-corrected chi connectivity index (χ1v) is 5.39. The Hall–Kier alpha value is -1.27. The summed E-state index contributed by atoms with van der Waals surface area (Å²) in [5.74, 6) is 0. The third-order valence-electron chi connectivity index (χ3n) is 1.36. The minimum Gasteiger partial charge on any atom is -0.347 e. The molecule has 1 aromatic rings. The lowest BCUT2D eigenvalue weighted by atomic mass is 10.4. The zero-order valence-corrected chi connectivity index (χ0v) is 7.52. The van der Waals surface area contributed by atoms with Gasteiger partial charge in [0.15, 0.2) is 8.96 Å². The van der Waals surface area contributed by atoms with E-state index in [0.29, 0.717) is 5.32 Å². The monoisotopic (exact) mass is 182 g/mol. The molecule has 1 rings (SSSR count). The fourth-order valence-corrected chi connectivity index (χ4v) is 1.70. The summed E-state index contributed by atoms with van der Waals surface area (Å²) < 4.78 is 0. The highest BCUT2D eigenvalue weighted by Crippen LogP contribution is 2.03. The van der Waals surface area contributed by atoms with Gasteiger partial charge in [-0.3, -0.25) is 15.1 Å². The van der Waals surface area contributed by atoms with Gasteiger partial charge in [-0.25, -0.2) is 0 Å². The molecule has 1 heterocycles. The van der Waals surface area contributed by atoms with Crippen molar-refractivity contribution in [1.82, 2.24) is 4.98 Å². The fraction of sp³-hybridized carbons (Fsp3) is 0.167. The van der Waals surface area contributed by atoms with Crippen LogP contribution in [0.3, 0.4) is 0 Å². The Morgan fingerprint density at radius 3 is 2.83 bits per heavy atom. The molecular weight excluding hydrogens is 174 g/mol. The van der Waals surface area contributed by atoms with E-state index in [0.717, 1.165) is 0 Å². The van der Waals surface area contributed by atoms with Crippen LogP contribution in [0.4, 0.5) is 5.69 Å². The maximum Gasteiger partial charge on any atom is 0.287 e. The maximum atomic E-state index is 10.5. The van der Waals surface area contributed by atoms with Crippen molar-refractivity contribution in [3.05, 3.63) is 28.4 Å². The van der Waals surface area contributed by atoms with Crippen LogP contribution in [-0.4, -0.2) is 18.9 Å². The molecule has 0 aromatic carbocycles. The molecule has 5 nitrogen and oxygen atoms in total. The van der Waals surface area contributed by atoms with Crippen molar-refractivity contribution in [2.75, 3.05) is 0 Å². The first-order valence-electron chi connectivity index (χ1n) is 3.31. The van der Waals surface area contributed by atoms with Gasteiger partial charge >= 0.3 is 0 Å². The second-order valence-electron chi connectivity index (χ2n) is 2.31. The highest BCUT2D eigenvalue weighted by molar-refractivity contribution is 6.69. The Balaban J connectivity index is 3.17. The Kier molecular flexibility index (Phi) is 2.51. The molecule has 63 valence electrons. The molecule has 0 saturated heterocycles. The van der Waals surface area contributed by atoms with Crippen molar-refractivity contribution in [2.24, 2.45) is 5.40 Å². The third-order valence-corrected chi connectivity index (χ3v) is 2.49. The highest BCUT2D eigenvalue weighted by Gasteiger charge is 2.18. The van der Waals surface area contributed by atoms with Crippen LogP contribution >= 0.6 is 0 Å². The molecule has 2 N–H and O–H groups in total. The Labute approximate surface area is 71.1 Å². The van der Waals surface area contributed by atoms with Crippen molar-refractivity contribution in [2.45, 2.75) is 6.55 Å². The smallest absolute Gasteiger partial charge is 0.287 e. The lowest BCUT2D eigenvalue weighted by Gasteiger charge is -2.01. The summed E-state index contributed by atoms with van der Waals surface area (Å²) >= 11 is 0. The molecular formula is C6H8N3O2Si. The molecule has 0 atom stereocenters. The molecule has 0 aliphatic carbocycles. The fourth-order valence-electron chi connectivity index (χ4n) is 0.848. The lowest BCUT2D eigenvalue weighted by molar-refractivity contribution is -0.383. The maximum absolute atomic E-state index is 10.5. The van der Waals surface area contributed by atoms with Crippen LogP contribution < -0.4 is 10.7 Å². The summed E-state index contributed by atoms with van der Waals surface area (Å²) in [5, 5.41) is 16.5. The molecule has 0 bridgehead atoms. The van der Waals surface area contributed by atoms with Crippen molar-refractivity contribution >= 4 is 20.0 Å². The summed E-state index contributed by atoms with van der Waals surface area (Å²) in [6.07, 6.45) is 1.52. The first kappa shape index (κ1) is 8.82. The number of hydrogen-bond acceptors (Lipinski definition) is 4. The minimum absolute atomic E-state index is 0.0244. The Bertz CT molecular complexity index is 303. The predicted octanol–water partition coefficient (Wildman–Crippen LogP) is -0.223. The number of nitrogens with zero attached hydrogens (tertiary/aromatic N) is 2. The molecule has 12 heavy (non-hydrogen) atoms. The SMILES string of the molecule is C[Si](N)c1ncccc1[N+](=O)[O-]. The second-order valence-corrected chi connectivity index (χ2v) is 4.15. The van der Waals surface area contributed by atoms with Crippen LogP contribution in [0, 0.1) is 10.1 Å². The topological polar surface area (TPSA) is 82.0 Å². The van der Waals surface area contributed by atoms with E-state index in [4.69, 9.17) is 5.40 Å². The number of aromatic nitrogens is 1. The normalized spacial score (nSPS) is 10.2. The van der Waals surface area contributed by atoms with Crippen molar-refractivity contribution in [3.8, 4) is 0 Å². The van der Waals surface area contributed by atoms with Crippen LogP contribution in [0.1, 0.15) is 0 Å². The standard InChI is InChI=1S/C6H8N3O2Si/c1-12(7)6-5(9(10)11)3-2-4-8-6/h2-4H,7H2,1H3. The summed E-state index contributed by atoms with van der Waals surface area (Å²) in [5.41, 5.74) is 0.0244. The molecule has 0 saturated carbocycles. The van der Waals surface area contributed by atoms with E-state index in [1.807, 2.05) is 0 Å². The van der Waals surface area contributed by atoms with E-state index in [1.165, 1.54) is 18.3 Å². The van der Waals surface area contributed by atoms with Gasteiger partial charge < -0.3 is 5.40 Å². The van der Waals surface area contributed by atoms with Crippen LogP contribution in [0.5, 0.6) is 0 Å². The van der Waals surface area contributed by atoms with Crippen LogP contribution in [0.25, 0.3) is 0 Å². The van der Waals surface area contributed by atoms with Gasteiger partial charge in [0.05, 0.1) is 4.92 Å². The zero-order chi connectivity index (χ0) is 9.14. The number of nitrogens with two attached hydrogens (primary N) is 1. The van der Waals surface area contributed by atoms with E-state index in [1.54, 1.807) is 6.55 Å². The van der Waals surface area contributed by atoms with E-state index in [2.05, 4.69) is 4.98 Å². The second kappa shape index (κ2) is 3.42. The Morgan fingerprint density at radius 1 is 1.75 bits per heavy atom. The predicted molar refractivity (Wildman–Crippen MR) is 46.3 cm³/mol. The Morgan fingerprint density at radius 2 is 2.42 bits per heavy atom. The van der Waals surface area contributed by atoms with Gasteiger partial charge in [0.1, 0.15) is 5.32 Å². The van der Waals surface area contributed by atoms with Crippen molar-refractivity contribution in [3.63, 3.8) is 0 Å². The van der Waals surface area contributed by atoms with E-state index in [9.17, 15) is 10.1 Å². The van der Waals surface area contributed by atoms with Crippen molar-refractivity contribution in [1.29, 1.82) is 0 Å². The number of rotatable bonds is 2. The largest absolute Gasteiger partial charge is 0.347 e. The molecule has 1 radical (unpaired) electrons.